The first kappa shape index (κ1) is 27.8. The van der Waals surface area contributed by atoms with E-state index in [1.165, 1.54) is 7.11 Å². The summed E-state index contributed by atoms with van der Waals surface area (Å²) in [5, 5.41) is 10.9. The number of hydrogen-bond donors (Lipinski definition) is 2. The number of methoxy groups -OCH3 is 1. The Labute approximate surface area is 190 Å². The first-order chi connectivity index (χ1) is 13.7. The van der Waals surface area contributed by atoms with Gasteiger partial charge in [0.1, 0.15) is 16.4 Å². The minimum atomic E-state index is -4.70. The molecule has 0 aliphatic rings. The van der Waals surface area contributed by atoms with Crippen LogP contribution < -0.4 is 4.74 Å². The Morgan fingerprint density at radius 1 is 0.935 bits per heavy atom. The molecule has 1 atom stereocenters. The van der Waals surface area contributed by atoms with Gasteiger partial charge in [-0.1, -0.05) is 62.3 Å². The van der Waals surface area contributed by atoms with Crippen molar-refractivity contribution in [3.8, 4) is 11.5 Å². The van der Waals surface area contributed by atoms with E-state index in [2.05, 4.69) is 62.3 Å². The summed E-state index contributed by atoms with van der Waals surface area (Å²) in [6.07, 6.45) is 1.65. The van der Waals surface area contributed by atoms with Crippen LogP contribution in [0.3, 0.4) is 0 Å². The summed E-state index contributed by atoms with van der Waals surface area (Å²) in [5.41, 5.74) is 0.733. The molecule has 6 heteroatoms. The molecule has 0 heterocycles. The fraction of sp³-hybridized carbons (Fsp3) is 0.760. The molecule has 5 nitrogen and oxygen atoms in total. The van der Waals surface area contributed by atoms with Crippen LogP contribution in [0.2, 0.25) is 0 Å². The fourth-order valence-corrected chi connectivity index (χ4v) is 7.10. The summed E-state index contributed by atoms with van der Waals surface area (Å²) >= 11 is 0. The van der Waals surface area contributed by atoms with E-state index < -0.39 is 20.8 Å². The second-order valence-corrected chi connectivity index (χ2v) is 13.5. The van der Waals surface area contributed by atoms with E-state index in [1.54, 1.807) is 6.92 Å². The average molecular weight is 457 g/mol. The van der Waals surface area contributed by atoms with Crippen molar-refractivity contribution in [1.82, 2.24) is 0 Å². The van der Waals surface area contributed by atoms with Crippen molar-refractivity contribution in [3.05, 3.63) is 16.7 Å². The molecule has 1 rings (SSSR count). The lowest BCUT2D eigenvalue weighted by atomic mass is 9.56. The topological polar surface area (TPSA) is 83.8 Å². The molecule has 0 amide bonds. The van der Waals surface area contributed by atoms with Gasteiger partial charge in [-0.3, -0.25) is 4.55 Å². The van der Waals surface area contributed by atoms with E-state index in [0.29, 0.717) is 28.4 Å². The summed E-state index contributed by atoms with van der Waals surface area (Å²) < 4.78 is 41.2. The molecule has 1 unspecified atom stereocenters. The monoisotopic (exact) mass is 456 g/mol. The molecule has 1 aromatic rings. The molecule has 0 bridgehead atoms. The maximum absolute atomic E-state index is 12.6. The Morgan fingerprint density at radius 2 is 1.42 bits per heavy atom. The highest BCUT2D eigenvalue weighted by molar-refractivity contribution is 7.86. The second kappa shape index (κ2) is 8.93. The van der Waals surface area contributed by atoms with Crippen molar-refractivity contribution < 1.29 is 22.8 Å². The standard InChI is InChI=1S/C25H44O5S/c1-15(2)13-24(8,9)22(25(10,11)14-23(5,6)7)18-20(30-12)17(4)16(3)19(26)21(18)31(27,28)29/h15,22,26H,13-14H2,1-12H3,(H,27,28,29). The molecule has 0 fully saturated rings. The van der Waals surface area contributed by atoms with E-state index >= 15 is 0 Å². The molecule has 0 aliphatic carbocycles. The molecule has 2 N–H and O–H groups in total. The first-order valence-corrected chi connectivity index (χ1v) is 12.5. The molecule has 0 aliphatic heterocycles. The summed E-state index contributed by atoms with van der Waals surface area (Å²) in [4.78, 5) is -0.420. The normalized spacial score (nSPS) is 14.8. The molecule has 0 saturated heterocycles. The van der Waals surface area contributed by atoms with Gasteiger partial charge in [-0.25, -0.2) is 0 Å². The van der Waals surface area contributed by atoms with Gasteiger partial charge in [0.15, 0.2) is 0 Å². The number of hydrogen-bond acceptors (Lipinski definition) is 4. The zero-order valence-electron chi connectivity index (χ0n) is 21.6. The van der Waals surface area contributed by atoms with Crippen LogP contribution in [0.4, 0.5) is 0 Å². The zero-order valence-corrected chi connectivity index (χ0v) is 22.4. The average Bonchev–Trinajstić information content (AvgIpc) is 2.47. The highest BCUT2D eigenvalue weighted by Crippen LogP contribution is 2.59. The van der Waals surface area contributed by atoms with Crippen molar-refractivity contribution in [3.63, 3.8) is 0 Å². The van der Waals surface area contributed by atoms with Gasteiger partial charge in [-0.15, -0.1) is 0 Å². The van der Waals surface area contributed by atoms with Crippen molar-refractivity contribution in [1.29, 1.82) is 0 Å². The minimum absolute atomic E-state index is 0.0110. The summed E-state index contributed by atoms with van der Waals surface area (Å²) in [5.74, 6) is 0.0985. The van der Waals surface area contributed by atoms with E-state index in [4.69, 9.17) is 4.74 Å². The largest absolute Gasteiger partial charge is 0.506 e. The molecule has 0 spiro atoms. The van der Waals surface area contributed by atoms with Crippen LogP contribution in [0.25, 0.3) is 0 Å². The third-order valence-corrected chi connectivity index (χ3v) is 7.13. The molecule has 0 saturated carbocycles. The van der Waals surface area contributed by atoms with Crippen molar-refractivity contribution in [2.75, 3.05) is 7.11 Å². The number of phenols is 1. The van der Waals surface area contributed by atoms with Gasteiger partial charge in [-0.05, 0) is 65.9 Å². The molecule has 0 aromatic heterocycles. The predicted molar refractivity (Wildman–Crippen MR) is 128 cm³/mol. The SMILES string of the molecule is COc1c(C)c(C)c(O)c(S(=O)(=O)O)c1C(C(C)(C)CC(C)C)C(C)(C)CC(C)(C)C. The summed E-state index contributed by atoms with van der Waals surface area (Å²) in [6, 6.07) is 0. The number of phenolic OH excluding ortho intramolecular Hbond substituents is 1. The lowest BCUT2D eigenvalue weighted by molar-refractivity contribution is 0.0751. The second-order valence-electron chi connectivity index (χ2n) is 12.1. The lowest BCUT2D eigenvalue weighted by Crippen LogP contribution is -2.39. The van der Waals surface area contributed by atoms with E-state index in [0.717, 1.165) is 12.8 Å². The fourth-order valence-electron chi connectivity index (χ4n) is 6.22. The van der Waals surface area contributed by atoms with Gasteiger partial charge in [0.25, 0.3) is 10.1 Å². The number of ether oxygens (including phenoxy) is 1. The van der Waals surface area contributed by atoms with E-state index in [1.807, 2.05) is 6.92 Å². The molecule has 180 valence electrons. The molecule has 31 heavy (non-hydrogen) atoms. The third kappa shape index (κ3) is 6.16. The lowest BCUT2D eigenvalue weighted by Gasteiger charge is -2.49. The van der Waals surface area contributed by atoms with Gasteiger partial charge in [0.05, 0.1) is 7.11 Å². The van der Waals surface area contributed by atoms with E-state index in [-0.39, 0.29) is 22.2 Å². The Morgan fingerprint density at radius 3 is 1.77 bits per heavy atom. The van der Waals surface area contributed by atoms with Crippen LogP contribution in [0.1, 0.15) is 97.8 Å². The first-order valence-electron chi connectivity index (χ1n) is 11.0. The van der Waals surface area contributed by atoms with Gasteiger partial charge >= 0.3 is 0 Å². The molecular weight excluding hydrogens is 412 g/mol. The van der Waals surface area contributed by atoms with Crippen LogP contribution in [0, 0.1) is 36.0 Å². The third-order valence-electron chi connectivity index (χ3n) is 6.20. The molecule has 1 aromatic carbocycles. The summed E-state index contributed by atoms with van der Waals surface area (Å²) in [6.45, 7) is 22.8. The van der Waals surface area contributed by atoms with Crippen LogP contribution in [0.5, 0.6) is 11.5 Å². The Hall–Kier alpha value is -1.27. The van der Waals surface area contributed by atoms with E-state index in [9.17, 15) is 18.1 Å². The smallest absolute Gasteiger partial charge is 0.298 e. The number of benzene rings is 1. The Kier molecular flexibility index (Phi) is 8.00. The number of aromatic hydroxyl groups is 1. The maximum Gasteiger partial charge on any atom is 0.298 e. The van der Waals surface area contributed by atoms with Gasteiger partial charge in [0.2, 0.25) is 0 Å². The van der Waals surface area contributed by atoms with Crippen LogP contribution in [0.15, 0.2) is 4.90 Å². The zero-order chi connectivity index (χ0) is 24.7. The predicted octanol–water partition coefficient (Wildman–Crippen LogP) is 6.88. The van der Waals surface area contributed by atoms with Crippen LogP contribution in [-0.2, 0) is 10.1 Å². The van der Waals surface area contributed by atoms with Crippen LogP contribution in [-0.4, -0.2) is 25.2 Å². The molecular formula is C25H44O5S. The Balaban J connectivity index is 4.23. The van der Waals surface area contributed by atoms with Gasteiger partial charge in [0, 0.05) is 5.56 Å². The van der Waals surface area contributed by atoms with Crippen molar-refractivity contribution in [2.24, 2.45) is 22.2 Å². The number of rotatable bonds is 8. The van der Waals surface area contributed by atoms with Crippen molar-refractivity contribution >= 4 is 10.1 Å². The summed E-state index contributed by atoms with van der Waals surface area (Å²) in [7, 11) is -3.19. The van der Waals surface area contributed by atoms with Gasteiger partial charge in [-0.2, -0.15) is 8.42 Å². The Bertz CT molecular complexity index is 903. The molecule has 0 radical (unpaired) electrons. The highest BCUT2D eigenvalue weighted by Gasteiger charge is 2.48. The highest BCUT2D eigenvalue weighted by atomic mass is 32.2. The minimum Gasteiger partial charge on any atom is -0.506 e. The van der Waals surface area contributed by atoms with Crippen LogP contribution >= 0.6 is 0 Å². The van der Waals surface area contributed by atoms with Crippen molar-refractivity contribution in [2.45, 2.75) is 99.8 Å². The van der Waals surface area contributed by atoms with Gasteiger partial charge < -0.3 is 9.84 Å². The quantitative estimate of drug-likeness (QED) is 0.416. The maximum atomic E-state index is 12.6.